The third-order valence-corrected chi connectivity index (χ3v) is 2.74. The normalized spacial score (nSPS) is 10.2. The summed E-state index contributed by atoms with van der Waals surface area (Å²) in [6.45, 7) is -0.404. The molecule has 2 aromatic carbocycles. The first-order chi connectivity index (χ1) is 9.97. The summed E-state index contributed by atoms with van der Waals surface area (Å²) in [6, 6.07) is 8.52. The molecule has 21 heavy (non-hydrogen) atoms. The van der Waals surface area contributed by atoms with Crippen LogP contribution in [0.2, 0.25) is 0 Å². The maximum absolute atomic E-state index is 13.4. The lowest BCUT2D eigenvalue weighted by Gasteiger charge is -2.06. The zero-order chi connectivity index (χ0) is 15.4. The maximum atomic E-state index is 13.4. The molecule has 0 aliphatic heterocycles. The summed E-state index contributed by atoms with van der Waals surface area (Å²) in [6.07, 6.45) is 0. The lowest BCUT2D eigenvalue weighted by molar-refractivity contribution is 0.0916. The Labute approximate surface area is 119 Å². The van der Waals surface area contributed by atoms with E-state index in [1.165, 1.54) is 24.3 Å². The van der Waals surface area contributed by atoms with Crippen LogP contribution in [0.4, 0.5) is 8.78 Å². The molecular formula is C15H11F2NO3. The molecule has 0 atom stereocenters. The molecule has 0 aliphatic rings. The lowest BCUT2D eigenvalue weighted by Crippen LogP contribution is -2.14. The number of primary amides is 1. The van der Waals surface area contributed by atoms with Crippen LogP contribution in [-0.2, 0) is 0 Å². The van der Waals surface area contributed by atoms with E-state index in [-0.39, 0.29) is 5.56 Å². The van der Waals surface area contributed by atoms with Crippen LogP contribution in [0, 0.1) is 11.6 Å². The number of carbonyl (C=O) groups excluding carboxylic acids is 2. The summed E-state index contributed by atoms with van der Waals surface area (Å²) < 4.78 is 31.3. The number of hydrogen-bond donors (Lipinski definition) is 1. The third-order valence-electron chi connectivity index (χ3n) is 2.74. The van der Waals surface area contributed by atoms with Gasteiger partial charge in [0.1, 0.15) is 17.4 Å². The molecule has 0 unspecified atom stereocenters. The first-order valence-corrected chi connectivity index (χ1v) is 5.98. The minimum Gasteiger partial charge on any atom is -0.485 e. The minimum absolute atomic E-state index is 0.245. The molecule has 0 spiro atoms. The Hall–Kier alpha value is -2.76. The SMILES string of the molecule is NC(=O)c1ccc(OCC(=O)c2ccc(F)cc2F)cc1. The van der Waals surface area contributed by atoms with Crippen molar-refractivity contribution in [1.29, 1.82) is 0 Å². The Morgan fingerprint density at radius 2 is 1.71 bits per heavy atom. The van der Waals surface area contributed by atoms with Gasteiger partial charge in [0.25, 0.3) is 0 Å². The molecule has 0 aliphatic carbocycles. The first-order valence-electron chi connectivity index (χ1n) is 5.98. The van der Waals surface area contributed by atoms with E-state index in [1.807, 2.05) is 0 Å². The molecule has 0 fully saturated rings. The minimum atomic E-state index is -0.937. The number of amides is 1. The van der Waals surface area contributed by atoms with E-state index in [2.05, 4.69) is 0 Å². The Bertz CT molecular complexity index is 684. The number of Topliss-reactive ketones (excluding diaryl/α,β-unsaturated/α-hetero) is 1. The van der Waals surface area contributed by atoms with Crippen LogP contribution < -0.4 is 10.5 Å². The Kier molecular flexibility index (Phi) is 4.27. The fraction of sp³-hybridized carbons (Fsp3) is 0.0667. The van der Waals surface area contributed by atoms with Gasteiger partial charge in [-0.2, -0.15) is 0 Å². The van der Waals surface area contributed by atoms with Crippen LogP contribution in [0.15, 0.2) is 42.5 Å². The van der Waals surface area contributed by atoms with E-state index in [1.54, 1.807) is 0 Å². The van der Waals surface area contributed by atoms with Gasteiger partial charge in [0.05, 0.1) is 5.56 Å². The number of halogens is 2. The number of rotatable bonds is 5. The van der Waals surface area contributed by atoms with Crippen molar-refractivity contribution < 1.29 is 23.1 Å². The summed E-state index contributed by atoms with van der Waals surface area (Å²) in [5.41, 5.74) is 5.14. The molecule has 2 aromatic rings. The topological polar surface area (TPSA) is 69.4 Å². The fourth-order valence-electron chi connectivity index (χ4n) is 1.66. The molecule has 0 bridgehead atoms. The van der Waals surface area contributed by atoms with Gasteiger partial charge in [-0.1, -0.05) is 0 Å². The highest BCUT2D eigenvalue weighted by molar-refractivity contribution is 5.97. The summed E-state index contributed by atoms with van der Waals surface area (Å²) >= 11 is 0. The van der Waals surface area contributed by atoms with Crippen LogP contribution in [0.1, 0.15) is 20.7 Å². The van der Waals surface area contributed by atoms with Crippen molar-refractivity contribution in [3.05, 3.63) is 65.2 Å². The van der Waals surface area contributed by atoms with Crippen molar-refractivity contribution in [2.45, 2.75) is 0 Å². The van der Waals surface area contributed by atoms with Crippen LogP contribution in [0.3, 0.4) is 0 Å². The summed E-state index contributed by atoms with van der Waals surface area (Å²) in [4.78, 5) is 22.6. The highest BCUT2D eigenvalue weighted by Crippen LogP contribution is 2.14. The van der Waals surface area contributed by atoms with Gasteiger partial charge in [0.2, 0.25) is 11.7 Å². The molecule has 6 heteroatoms. The Balaban J connectivity index is 2.02. The maximum Gasteiger partial charge on any atom is 0.248 e. The highest BCUT2D eigenvalue weighted by Gasteiger charge is 2.13. The lowest BCUT2D eigenvalue weighted by atomic mass is 10.1. The molecule has 4 nitrogen and oxygen atoms in total. The number of carbonyl (C=O) groups is 2. The van der Waals surface area contributed by atoms with Crippen LogP contribution in [0.25, 0.3) is 0 Å². The van der Waals surface area contributed by atoms with Gasteiger partial charge in [-0.25, -0.2) is 8.78 Å². The van der Waals surface area contributed by atoms with Crippen LogP contribution in [0.5, 0.6) is 5.75 Å². The largest absolute Gasteiger partial charge is 0.485 e. The summed E-state index contributed by atoms with van der Waals surface area (Å²) in [5, 5.41) is 0. The Morgan fingerprint density at radius 1 is 1.05 bits per heavy atom. The monoisotopic (exact) mass is 291 g/mol. The molecule has 108 valence electrons. The molecule has 2 N–H and O–H groups in total. The predicted octanol–water partition coefficient (Wildman–Crippen LogP) is 2.33. The number of ketones is 1. The van der Waals surface area contributed by atoms with E-state index in [9.17, 15) is 18.4 Å². The van der Waals surface area contributed by atoms with E-state index < -0.39 is 29.9 Å². The number of ether oxygens (including phenoxy) is 1. The molecule has 2 rings (SSSR count). The van der Waals surface area contributed by atoms with E-state index in [0.29, 0.717) is 17.4 Å². The van der Waals surface area contributed by atoms with E-state index in [4.69, 9.17) is 10.5 Å². The molecular weight excluding hydrogens is 280 g/mol. The number of hydrogen-bond acceptors (Lipinski definition) is 3. The predicted molar refractivity (Wildman–Crippen MR) is 71.1 cm³/mol. The van der Waals surface area contributed by atoms with Gasteiger partial charge < -0.3 is 10.5 Å². The van der Waals surface area contributed by atoms with Gasteiger partial charge in [-0.15, -0.1) is 0 Å². The Morgan fingerprint density at radius 3 is 2.29 bits per heavy atom. The smallest absolute Gasteiger partial charge is 0.248 e. The quantitative estimate of drug-likeness (QED) is 0.859. The average molecular weight is 291 g/mol. The van der Waals surface area contributed by atoms with E-state index in [0.717, 1.165) is 12.1 Å². The van der Waals surface area contributed by atoms with Gasteiger partial charge in [-0.3, -0.25) is 9.59 Å². The van der Waals surface area contributed by atoms with Crippen molar-refractivity contribution in [1.82, 2.24) is 0 Å². The zero-order valence-electron chi connectivity index (χ0n) is 10.8. The van der Waals surface area contributed by atoms with Gasteiger partial charge >= 0.3 is 0 Å². The third kappa shape index (κ3) is 3.62. The molecule has 0 saturated carbocycles. The number of benzene rings is 2. The zero-order valence-corrected chi connectivity index (χ0v) is 10.8. The summed E-state index contributed by atoms with van der Waals surface area (Å²) in [7, 11) is 0. The van der Waals surface area contributed by atoms with E-state index >= 15 is 0 Å². The van der Waals surface area contributed by atoms with Crippen LogP contribution in [-0.4, -0.2) is 18.3 Å². The molecule has 0 heterocycles. The van der Waals surface area contributed by atoms with Crippen molar-refractivity contribution in [2.24, 2.45) is 5.73 Å². The molecule has 0 aromatic heterocycles. The molecule has 0 radical (unpaired) electrons. The second-order valence-corrected chi connectivity index (χ2v) is 4.22. The standard InChI is InChI=1S/C15H11F2NO3/c16-10-3-6-12(13(17)7-10)14(19)8-21-11-4-1-9(2-5-11)15(18)20/h1-7H,8H2,(H2,18,20). The molecule has 0 saturated heterocycles. The van der Waals surface area contributed by atoms with Gasteiger partial charge in [0, 0.05) is 11.6 Å². The van der Waals surface area contributed by atoms with Crippen molar-refractivity contribution >= 4 is 11.7 Å². The molecule has 1 amide bonds. The second kappa shape index (κ2) is 6.13. The second-order valence-electron chi connectivity index (χ2n) is 4.22. The first kappa shape index (κ1) is 14.6. The van der Waals surface area contributed by atoms with Gasteiger partial charge in [-0.05, 0) is 36.4 Å². The fourth-order valence-corrected chi connectivity index (χ4v) is 1.66. The van der Waals surface area contributed by atoms with Crippen molar-refractivity contribution in [3.8, 4) is 5.75 Å². The summed E-state index contributed by atoms with van der Waals surface area (Å²) in [5.74, 6) is -2.56. The highest BCUT2D eigenvalue weighted by atomic mass is 19.1. The number of nitrogens with two attached hydrogens (primary N) is 1. The van der Waals surface area contributed by atoms with Crippen molar-refractivity contribution in [3.63, 3.8) is 0 Å². The van der Waals surface area contributed by atoms with Gasteiger partial charge in [0.15, 0.2) is 6.61 Å². The van der Waals surface area contributed by atoms with Crippen LogP contribution >= 0.6 is 0 Å². The van der Waals surface area contributed by atoms with Crippen molar-refractivity contribution in [2.75, 3.05) is 6.61 Å². The average Bonchev–Trinajstić information content (AvgIpc) is 2.45.